The van der Waals surface area contributed by atoms with E-state index in [1.807, 2.05) is 24.3 Å². The van der Waals surface area contributed by atoms with Crippen LogP contribution in [-0.2, 0) is 11.2 Å². The quantitative estimate of drug-likeness (QED) is 0.855. The summed E-state index contributed by atoms with van der Waals surface area (Å²) in [4.78, 5) is 10.9. The molecule has 0 fully saturated rings. The maximum atomic E-state index is 10.9. The number of fused-ring (bicyclic) bond motifs is 1. The molecule has 1 atom stereocenters. The van der Waals surface area contributed by atoms with Crippen LogP contribution in [0.3, 0.4) is 0 Å². The highest BCUT2D eigenvalue weighted by molar-refractivity contribution is 6.30. The molecule has 0 saturated carbocycles. The number of aliphatic carboxylic acids is 1. The lowest BCUT2D eigenvalue weighted by Gasteiger charge is -2.19. The van der Waals surface area contributed by atoms with Gasteiger partial charge in [-0.3, -0.25) is 4.79 Å². The molecule has 2 nitrogen and oxygen atoms in total. The molecule has 1 aliphatic carbocycles. The summed E-state index contributed by atoms with van der Waals surface area (Å²) < 4.78 is 0. The molecule has 1 N–H and O–H groups in total. The average Bonchev–Trinajstić information content (AvgIpc) is 2.27. The van der Waals surface area contributed by atoms with Crippen molar-refractivity contribution in [2.24, 2.45) is 5.92 Å². The van der Waals surface area contributed by atoms with E-state index in [1.54, 1.807) is 6.92 Å². The minimum Gasteiger partial charge on any atom is -0.481 e. The Morgan fingerprint density at radius 1 is 1.44 bits per heavy atom. The summed E-state index contributed by atoms with van der Waals surface area (Å²) in [6.07, 6.45) is 3.66. The predicted molar refractivity (Wildman–Crippen MR) is 64.5 cm³/mol. The number of carbonyl (C=O) groups is 1. The first-order valence-corrected chi connectivity index (χ1v) is 5.67. The largest absolute Gasteiger partial charge is 0.481 e. The molecule has 0 heterocycles. The van der Waals surface area contributed by atoms with Gasteiger partial charge in [0.05, 0.1) is 5.92 Å². The first kappa shape index (κ1) is 11.2. The molecule has 1 unspecified atom stereocenters. The minimum absolute atomic E-state index is 0.399. The standard InChI is InChI=1S/C13H13ClO2/c1-8(13(15)16)9-2-3-11-7-12(14)5-4-10(11)6-9/h4-8H,2-3H2,1H3,(H,15,16). The third-order valence-electron chi connectivity index (χ3n) is 3.06. The molecule has 1 aliphatic rings. The summed E-state index contributed by atoms with van der Waals surface area (Å²) in [6.45, 7) is 1.73. The predicted octanol–water partition coefficient (Wildman–Crippen LogP) is 3.39. The lowest BCUT2D eigenvalue weighted by atomic mass is 9.86. The van der Waals surface area contributed by atoms with Gasteiger partial charge < -0.3 is 5.11 Å². The third kappa shape index (κ3) is 2.12. The Bertz CT molecular complexity index is 463. The highest BCUT2D eigenvalue weighted by Gasteiger charge is 2.20. The van der Waals surface area contributed by atoms with Crippen LogP contribution in [0, 0.1) is 5.92 Å². The highest BCUT2D eigenvalue weighted by Crippen LogP contribution is 2.29. The van der Waals surface area contributed by atoms with Gasteiger partial charge in [-0.25, -0.2) is 0 Å². The van der Waals surface area contributed by atoms with Gasteiger partial charge in [-0.1, -0.05) is 29.3 Å². The van der Waals surface area contributed by atoms with Crippen LogP contribution in [0.15, 0.2) is 23.8 Å². The minimum atomic E-state index is -0.760. The fourth-order valence-electron chi connectivity index (χ4n) is 1.98. The monoisotopic (exact) mass is 236 g/mol. The molecule has 2 rings (SSSR count). The van der Waals surface area contributed by atoms with E-state index < -0.39 is 11.9 Å². The molecule has 3 heteroatoms. The zero-order valence-electron chi connectivity index (χ0n) is 9.03. The highest BCUT2D eigenvalue weighted by atomic mass is 35.5. The van der Waals surface area contributed by atoms with Crippen molar-refractivity contribution >= 4 is 23.6 Å². The Morgan fingerprint density at radius 3 is 2.88 bits per heavy atom. The Morgan fingerprint density at radius 2 is 2.19 bits per heavy atom. The number of hydrogen-bond donors (Lipinski definition) is 1. The summed E-state index contributed by atoms with van der Waals surface area (Å²) >= 11 is 5.91. The molecule has 0 saturated heterocycles. The van der Waals surface area contributed by atoms with Crippen LogP contribution in [0.4, 0.5) is 0 Å². The number of carboxylic acids is 1. The lowest BCUT2D eigenvalue weighted by Crippen LogP contribution is -2.14. The summed E-state index contributed by atoms with van der Waals surface area (Å²) in [5, 5.41) is 9.70. The van der Waals surface area contributed by atoms with E-state index in [-0.39, 0.29) is 0 Å². The van der Waals surface area contributed by atoms with Gasteiger partial charge in [-0.2, -0.15) is 0 Å². The zero-order chi connectivity index (χ0) is 11.7. The Balaban J connectivity index is 2.35. The van der Waals surface area contributed by atoms with Crippen molar-refractivity contribution in [3.63, 3.8) is 0 Å². The summed E-state index contributed by atoms with van der Waals surface area (Å²) in [5.74, 6) is -1.16. The molecule has 0 radical (unpaired) electrons. The number of halogens is 1. The van der Waals surface area contributed by atoms with Crippen LogP contribution in [0.5, 0.6) is 0 Å². The SMILES string of the molecule is CC(C(=O)O)C1=Cc2ccc(Cl)cc2CC1. The molecule has 0 spiro atoms. The molecular weight excluding hydrogens is 224 g/mol. The van der Waals surface area contributed by atoms with Crippen molar-refractivity contribution in [2.75, 3.05) is 0 Å². The Hall–Kier alpha value is -1.28. The van der Waals surface area contributed by atoms with Crippen LogP contribution in [0.1, 0.15) is 24.5 Å². The van der Waals surface area contributed by atoms with Crippen LogP contribution >= 0.6 is 11.6 Å². The van der Waals surface area contributed by atoms with E-state index in [4.69, 9.17) is 16.7 Å². The van der Waals surface area contributed by atoms with E-state index in [0.29, 0.717) is 0 Å². The molecular formula is C13H13ClO2. The Labute approximate surface area is 99.5 Å². The van der Waals surface area contributed by atoms with Gasteiger partial charge in [0.1, 0.15) is 0 Å². The second-order valence-corrected chi connectivity index (χ2v) is 4.56. The lowest BCUT2D eigenvalue weighted by molar-refractivity contribution is -0.139. The summed E-state index contributed by atoms with van der Waals surface area (Å²) in [5.41, 5.74) is 3.29. The van der Waals surface area contributed by atoms with Gasteiger partial charge >= 0.3 is 5.97 Å². The van der Waals surface area contributed by atoms with Crippen molar-refractivity contribution in [2.45, 2.75) is 19.8 Å². The second kappa shape index (κ2) is 4.30. The van der Waals surface area contributed by atoms with Crippen molar-refractivity contribution in [1.29, 1.82) is 0 Å². The number of aryl methyl sites for hydroxylation is 1. The first-order chi connectivity index (χ1) is 7.58. The van der Waals surface area contributed by atoms with Gasteiger partial charge in [0.2, 0.25) is 0 Å². The van der Waals surface area contributed by atoms with Crippen LogP contribution in [-0.4, -0.2) is 11.1 Å². The molecule has 0 amide bonds. The molecule has 1 aromatic rings. The second-order valence-electron chi connectivity index (χ2n) is 4.12. The normalized spacial score (nSPS) is 16.2. The van der Waals surface area contributed by atoms with Crippen molar-refractivity contribution in [1.82, 2.24) is 0 Å². The van der Waals surface area contributed by atoms with Gasteiger partial charge in [0.15, 0.2) is 0 Å². The number of benzene rings is 1. The van der Waals surface area contributed by atoms with E-state index in [2.05, 4.69) is 0 Å². The van der Waals surface area contributed by atoms with E-state index in [1.165, 1.54) is 5.56 Å². The topological polar surface area (TPSA) is 37.3 Å². The molecule has 16 heavy (non-hydrogen) atoms. The fourth-order valence-corrected chi connectivity index (χ4v) is 2.18. The van der Waals surface area contributed by atoms with Crippen molar-refractivity contribution < 1.29 is 9.90 Å². The van der Waals surface area contributed by atoms with E-state index in [9.17, 15) is 4.79 Å². The molecule has 0 aromatic heterocycles. The molecule has 0 bridgehead atoms. The van der Waals surface area contributed by atoms with Crippen LogP contribution in [0.2, 0.25) is 5.02 Å². The molecule has 0 aliphatic heterocycles. The van der Waals surface area contributed by atoms with Crippen molar-refractivity contribution in [3.05, 3.63) is 39.9 Å². The number of carboxylic acid groups (broad SMARTS) is 1. The smallest absolute Gasteiger partial charge is 0.310 e. The summed E-state index contributed by atoms with van der Waals surface area (Å²) in [6, 6.07) is 5.74. The Kier molecular flexibility index (Phi) is 3.01. The van der Waals surface area contributed by atoms with Gasteiger partial charge in [0.25, 0.3) is 0 Å². The van der Waals surface area contributed by atoms with Crippen LogP contribution < -0.4 is 0 Å². The molecule has 1 aromatic carbocycles. The number of rotatable bonds is 2. The maximum Gasteiger partial charge on any atom is 0.310 e. The van der Waals surface area contributed by atoms with Gasteiger partial charge in [0, 0.05) is 5.02 Å². The number of hydrogen-bond acceptors (Lipinski definition) is 1. The average molecular weight is 237 g/mol. The van der Waals surface area contributed by atoms with E-state index >= 15 is 0 Å². The fraction of sp³-hybridized carbons (Fsp3) is 0.308. The van der Waals surface area contributed by atoms with Gasteiger partial charge in [-0.05, 0) is 43.0 Å². The first-order valence-electron chi connectivity index (χ1n) is 5.29. The van der Waals surface area contributed by atoms with Gasteiger partial charge in [-0.15, -0.1) is 0 Å². The third-order valence-corrected chi connectivity index (χ3v) is 3.29. The maximum absolute atomic E-state index is 10.9. The summed E-state index contributed by atoms with van der Waals surface area (Å²) in [7, 11) is 0. The molecule has 84 valence electrons. The van der Waals surface area contributed by atoms with Crippen molar-refractivity contribution in [3.8, 4) is 0 Å². The zero-order valence-corrected chi connectivity index (χ0v) is 9.79. The van der Waals surface area contributed by atoms with Crippen LogP contribution in [0.25, 0.3) is 6.08 Å². The van der Waals surface area contributed by atoms with E-state index in [0.717, 1.165) is 29.0 Å².